The molecule has 0 amide bonds. The molecule has 0 N–H and O–H groups in total. The predicted octanol–water partition coefficient (Wildman–Crippen LogP) is 10.3. The zero-order valence-electron chi connectivity index (χ0n) is 22.8. The molecule has 37 heavy (non-hydrogen) atoms. The smallest absolute Gasteiger partial charge is 0.316 e. The Balaban J connectivity index is 1.26. The van der Waals surface area contributed by atoms with Gasteiger partial charge in [0.1, 0.15) is 5.82 Å². The molecule has 0 atom stereocenters. The first kappa shape index (κ1) is 28.2. The molecule has 0 aliphatic heterocycles. The summed E-state index contributed by atoms with van der Waals surface area (Å²) in [5.41, 5.74) is 2.49. The van der Waals surface area contributed by atoms with E-state index in [-0.39, 0.29) is 12.5 Å². The second kappa shape index (κ2) is 13.3. The summed E-state index contributed by atoms with van der Waals surface area (Å²) < 4.78 is 49.3. The lowest BCUT2D eigenvalue weighted by Crippen LogP contribution is -2.22. The largest absolute Gasteiger partial charge is 0.386 e. The highest BCUT2D eigenvalue weighted by molar-refractivity contribution is 5.29. The van der Waals surface area contributed by atoms with Gasteiger partial charge in [-0.25, -0.2) is 4.39 Å². The second-order valence-corrected chi connectivity index (χ2v) is 11.8. The average molecular weight is 515 g/mol. The van der Waals surface area contributed by atoms with Crippen molar-refractivity contribution in [1.82, 2.24) is 0 Å². The Morgan fingerprint density at radius 2 is 1.43 bits per heavy atom. The zero-order valence-corrected chi connectivity index (χ0v) is 22.8. The van der Waals surface area contributed by atoms with Crippen LogP contribution in [0.25, 0.3) is 0 Å². The Labute approximate surface area is 222 Å². The number of hydrogen-bond acceptors (Lipinski definition) is 1. The van der Waals surface area contributed by atoms with E-state index in [1.165, 1.54) is 69.1 Å². The van der Waals surface area contributed by atoms with Gasteiger partial charge in [0.05, 0.1) is 12.2 Å². The van der Waals surface area contributed by atoms with Gasteiger partial charge >= 0.3 is 6.11 Å². The lowest BCUT2D eigenvalue weighted by Gasteiger charge is -2.29. The minimum atomic E-state index is -3.64. The highest BCUT2D eigenvalue weighted by atomic mass is 19.3. The van der Waals surface area contributed by atoms with Crippen LogP contribution in [0.2, 0.25) is 0 Å². The van der Waals surface area contributed by atoms with Crippen LogP contribution in [0.5, 0.6) is 0 Å². The van der Waals surface area contributed by atoms with Crippen molar-refractivity contribution in [3.8, 4) is 0 Å². The molecule has 204 valence electrons. The molecule has 4 rings (SSSR count). The Morgan fingerprint density at radius 1 is 0.811 bits per heavy atom. The quantitative estimate of drug-likeness (QED) is 0.271. The third-order valence-corrected chi connectivity index (χ3v) is 8.98. The molecule has 0 unspecified atom stereocenters. The first-order valence-corrected chi connectivity index (χ1v) is 14.8. The van der Waals surface area contributed by atoms with Crippen LogP contribution in [0.15, 0.2) is 42.5 Å². The van der Waals surface area contributed by atoms with Gasteiger partial charge in [0, 0.05) is 0 Å². The van der Waals surface area contributed by atoms with Crippen molar-refractivity contribution in [2.45, 2.75) is 115 Å². The average Bonchev–Trinajstić information content (AvgIpc) is 2.90. The molecule has 0 saturated heterocycles. The van der Waals surface area contributed by atoms with E-state index in [4.69, 9.17) is 4.74 Å². The molecule has 1 nitrogen and oxygen atoms in total. The van der Waals surface area contributed by atoms with Gasteiger partial charge in [-0.2, -0.15) is 8.78 Å². The number of ether oxygens (including phenoxy) is 1. The van der Waals surface area contributed by atoms with Crippen molar-refractivity contribution in [3.05, 3.63) is 70.5 Å². The van der Waals surface area contributed by atoms with Crippen LogP contribution in [0.3, 0.4) is 0 Å². The molecule has 2 fully saturated rings. The predicted molar refractivity (Wildman–Crippen MR) is 146 cm³/mol. The molecule has 0 radical (unpaired) electrons. The maximum atomic E-state index is 14.8. The van der Waals surface area contributed by atoms with Gasteiger partial charge in [-0.1, -0.05) is 82.7 Å². The summed E-state index contributed by atoms with van der Waals surface area (Å²) in [5.74, 6) is 1.59. The van der Waals surface area contributed by atoms with Crippen LogP contribution in [-0.2, 0) is 17.3 Å². The van der Waals surface area contributed by atoms with Gasteiger partial charge < -0.3 is 4.74 Å². The van der Waals surface area contributed by atoms with Crippen LogP contribution < -0.4 is 0 Å². The molecule has 2 aromatic rings. The second-order valence-electron chi connectivity index (χ2n) is 11.8. The van der Waals surface area contributed by atoms with Gasteiger partial charge in [0.2, 0.25) is 0 Å². The Morgan fingerprint density at radius 3 is 2.08 bits per heavy atom. The van der Waals surface area contributed by atoms with E-state index in [1.54, 1.807) is 6.07 Å². The summed E-state index contributed by atoms with van der Waals surface area (Å²) in [7, 11) is 0. The number of halogens is 3. The summed E-state index contributed by atoms with van der Waals surface area (Å²) in [6, 6.07) is 12.5. The normalized spacial score (nSPS) is 24.8. The lowest BCUT2D eigenvalue weighted by atomic mass is 9.77. The molecule has 2 aliphatic rings. The van der Waals surface area contributed by atoms with Crippen LogP contribution in [0.4, 0.5) is 13.2 Å². The molecule has 2 aromatic carbocycles. The molecular formula is C33H45F3O. The van der Waals surface area contributed by atoms with E-state index in [0.717, 1.165) is 48.6 Å². The zero-order chi connectivity index (χ0) is 26.3. The van der Waals surface area contributed by atoms with Crippen molar-refractivity contribution in [3.63, 3.8) is 0 Å². The summed E-state index contributed by atoms with van der Waals surface area (Å²) in [4.78, 5) is 0. The molecule has 0 bridgehead atoms. The van der Waals surface area contributed by atoms with Crippen molar-refractivity contribution in [2.24, 2.45) is 11.8 Å². The van der Waals surface area contributed by atoms with Crippen LogP contribution in [0, 0.1) is 17.7 Å². The van der Waals surface area contributed by atoms with E-state index in [9.17, 15) is 13.2 Å². The highest BCUT2D eigenvalue weighted by Crippen LogP contribution is 2.40. The third kappa shape index (κ3) is 7.85. The first-order chi connectivity index (χ1) is 17.9. The maximum absolute atomic E-state index is 14.8. The van der Waals surface area contributed by atoms with E-state index in [1.807, 2.05) is 12.1 Å². The van der Waals surface area contributed by atoms with Crippen molar-refractivity contribution in [2.75, 3.05) is 6.61 Å². The lowest BCUT2D eigenvalue weighted by molar-refractivity contribution is -0.249. The SMILES string of the molecule is CCCCCC1CCC(c2ccc(C(F)(F)OCCc3ccc(C4CCC(C)CC4)cc3)c(F)c2)CC1. The minimum absolute atomic E-state index is 0.156. The molecule has 2 saturated carbocycles. The molecule has 4 heteroatoms. The van der Waals surface area contributed by atoms with Crippen molar-refractivity contribution in [1.29, 1.82) is 0 Å². The van der Waals surface area contributed by atoms with Gasteiger partial charge in [0.25, 0.3) is 0 Å². The fourth-order valence-corrected chi connectivity index (χ4v) is 6.41. The molecule has 0 spiro atoms. The molecule has 0 aromatic heterocycles. The number of alkyl halides is 2. The maximum Gasteiger partial charge on any atom is 0.386 e. The van der Waals surface area contributed by atoms with Crippen molar-refractivity contribution >= 4 is 0 Å². The third-order valence-electron chi connectivity index (χ3n) is 8.98. The summed E-state index contributed by atoms with van der Waals surface area (Å²) in [6.07, 6.45) is 11.1. The Kier molecular flexibility index (Phi) is 10.1. The van der Waals surface area contributed by atoms with Crippen LogP contribution in [0.1, 0.15) is 125 Å². The van der Waals surface area contributed by atoms with Crippen LogP contribution >= 0.6 is 0 Å². The summed E-state index contributed by atoms with van der Waals surface area (Å²) in [6.45, 7) is 4.38. The highest BCUT2D eigenvalue weighted by Gasteiger charge is 2.36. The van der Waals surface area contributed by atoms with Gasteiger partial charge in [0.15, 0.2) is 0 Å². The number of hydrogen-bond donors (Lipinski definition) is 0. The minimum Gasteiger partial charge on any atom is -0.316 e. The number of benzene rings is 2. The Hall–Kier alpha value is -1.81. The number of unbranched alkanes of at least 4 members (excludes halogenated alkanes) is 2. The standard InChI is InChI=1S/C33H45F3O/c1-3-4-5-6-25-9-17-29(18-10-25)30-19-20-31(32(34)23-30)33(35,36)37-22-21-26-11-15-28(16-12-26)27-13-7-24(2)8-14-27/h11-12,15-16,19-20,23-25,27,29H,3-10,13-14,17-18,21-22H2,1-2H3. The van der Waals surface area contributed by atoms with Gasteiger partial charge in [-0.3, -0.25) is 0 Å². The first-order valence-electron chi connectivity index (χ1n) is 14.8. The fraction of sp³-hybridized carbons (Fsp3) is 0.636. The number of rotatable bonds is 11. The van der Waals surface area contributed by atoms with E-state index >= 15 is 0 Å². The molecule has 0 heterocycles. The van der Waals surface area contributed by atoms with Crippen LogP contribution in [-0.4, -0.2) is 6.61 Å². The van der Waals surface area contributed by atoms with E-state index in [0.29, 0.717) is 12.3 Å². The van der Waals surface area contributed by atoms with Gasteiger partial charge in [-0.15, -0.1) is 0 Å². The monoisotopic (exact) mass is 514 g/mol. The van der Waals surface area contributed by atoms with E-state index < -0.39 is 17.5 Å². The fourth-order valence-electron chi connectivity index (χ4n) is 6.41. The van der Waals surface area contributed by atoms with Gasteiger partial charge in [-0.05, 0) is 97.4 Å². The topological polar surface area (TPSA) is 9.23 Å². The molecular weight excluding hydrogens is 469 g/mol. The summed E-state index contributed by atoms with van der Waals surface area (Å²) >= 11 is 0. The summed E-state index contributed by atoms with van der Waals surface area (Å²) in [5, 5.41) is 0. The Bertz CT molecular complexity index is 954. The van der Waals surface area contributed by atoms with Crippen molar-refractivity contribution < 1.29 is 17.9 Å². The molecule has 2 aliphatic carbocycles. The van der Waals surface area contributed by atoms with E-state index in [2.05, 4.69) is 26.0 Å².